The number of hydrogen-bond acceptors (Lipinski definition) is 1. The zero-order valence-corrected chi connectivity index (χ0v) is 11.6. The van der Waals surface area contributed by atoms with Crippen LogP contribution in [0.15, 0.2) is 73.0 Å². The molecule has 0 amide bonds. The van der Waals surface area contributed by atoms with Crippen LogP contribution < -0.4 is 0 Å². The lowest BCUT2D eigenvalue weighted by molar-refractivity contribution is 0.341. The second-order valence-electron chi connectivity index (χ2n) is 3.86. The highest BCUT2D eigenvalue weighted by Gasteiger charge is 1.79. The van der Waals surface area contributed by atoms with Gasteiger partial charge in [-0.1, -0.05) is 66.6 Å². The second kappa shape index (κ2) is 10.2. The average Bonchev–Trinajstić information content (AvgIpc) is 2.53. The minimum atomic E-state index is 1.14. The zero-order chi connectivity index (χ0) is 14.5. The van der Waals surface area contributed by atoms with E-state index in [4.69, 9.17) is 11.2 Å². The van der Waals surface area contributed by atoms with Crippen LogP contribution in [0.3, 0.4) is 0 Å². The van der Waals surface area contributed by atoms with Crippen LogP contribution in [0.2, 0.25) is 0 Å². The maximum Gasteiger partial charge on any atom is 0.0830 e. The summed E-state index contributed by atoms with van der Waals surface area (Å²) in [4.78, 5) is 0. The first kappa shape index (κ1) is 15.3. The van der Waals surface area contributed by atoms with E-state index >= 15 is 0 Å². The number of benzene rings is 2. The van der Waals surface area contributed by atoms with E-state index in [1.807, 2.05) is 72.8 Å². The molecule has 1 heteroatoms. The Hall–Kier alpha value is -2.72. The van der Waals surface area contributed by atoms with Crippen molar-refractivity contribution in [2.24, 2.45) is 0 Å². The quantitative estimate of drug-likeness (QED) is 0.578. The van der Waals surface area contributed by atoms with E-state index in [-0.39, 0.29) is 0 Å². The zero-order valence-electron chi connectivity index (χ0n) is 11.6. The second-order valence-corrected chi connectivity index (χ2v) is 3.86. The van der Waals surface area contributed by atoms with Crippen LogP contribution in [-0.2, 0) is 4.74 Å². The summed E-state index contributed by atoms with van der Waals surface area (Å²) in [7, 11) is 1.64. The Morgan fingerprint density at radius 2 is 1.35 bits per heavy atom. The van der Waals surface area contributed by atoms with Crippen LogP contribution in [0.4, 0.5) is 0 Å². The number of allylic oxidation sites excluding steroid dienone is 1. The first-order valence-corrected chi connectivity index (χ1v) is 6.29. The maximum atomic E-state index is 5.04. The molecule has 2 rings (SSSR count). The minimum Gasteiger partial charge on any atom is -0.504 e. The SMILES string of the molecule is C#C/C=C/c1ccccc1.CO/C=C/c1ccccc1. The molecule has 2 aromatic carbocycles. The lowest BCUT2D eigenvalue weighted by atomic mass is 10.2. The molecule has 0 radical (unpaired) electrons. The summed E-state index contributed by atoms with van der Waals surface area (Å²) in [6, 6.07) is 20.0. The van der Waals surface area contributed by atoms with Gasteiger partial charge in [0, 0.05) is 0 Å². The summed E-state index contributed by atoms with van der Waals surface area (Å²) in [5.41, 5.74) is 2.30. The molecule has 0 bridgehead atoms. The first-order chi connectivity index (χ1) is 9.86. The largest absolute Gasteiger partial charge is 0.504 e. The highest BCUT2D eigenvalue weighted by molar-refractivity contribution is 5.51. The highest BCUT2D eigenvalue weighted by atomic mass is 16.5. The van der Waals surface area contributed by atoms with Crippen LogP contribution in [0, 0.1) is 12.3 Å². The van der Waals surface area contributed by atoms with Crippen LogP contribution in [0.25, 0.3) is 12.2 Å². The van der Waals surface area contributed by atoms with E-state index in [2.05, 4.69) is 5.92 Å². The molecule has 2 aromatic rings. The van der Waals surface area contributed by atoms with Gasteiger partial charge in [0.1, 0.15) is 0 Å². The molecule has 0 saturated heterocycles. The Balaban J connectivity index is 0.000000200. The molecule has 0 spiro atoms. The molecule has 0 aliphatic heterocycles. The van der Waals surface area contributed by atoms with E-state index < -0.39 is 0 Å². The average molecular weight is 262 g/mol. The molecule has 20 heavy (non-hydrogen) atoms. The molecular weight excluding hydrogens is 244 g/mol. The highest BCUT2D eigenvalue weighted by Crippen LogP contribution is 2.00. The number of hydrogen-bond donors (Lipinski definition) is 0. The van der Waals surface area contributed by atoms with Crippen molar-refractivity contribution < 1.29 is 4.74 Å². The summed E-state index contributed by atoms with van der Waals surface area (Å²) in [6.07, 6.45) is 12.2. The van der Waals surface area contributed by atoms with Gasteiger partial charge < -0.3 is 4.74 Å². The Kier molecular flexibility index (Phi) is 7.84. The minimum absolute atomic E-state index is 1.14. The Morgan fingerprint density at radius 3 is 1.80 bits per heavy atom. The summed E-state index contributed by atoms with van der Waals surface area (Å²) >= 11 is 0. The van der Waals surface area contributed by atoms with Crippen molar-refractivity contribution in [1.29, 1.82) is 0 Å². The van der Waals surface area contributed by atoms with Gasteiger partial charge in [-0.15, -0.1) is 6.42 Å². The van der Waals surface area contributed by atoms with Gasteiger partial charge in [-0.3, -0.25) is 0 Å². The molecule has 0 atom stereocenters. The Bertz CT molecular complexity index is 560. The first-order valence-electron chi connectivity index (χ1n) is 6.29. The fourth-order valence-electron chi connectivity index (χ4n) is 1.42. The van der Waals surface area contributed by atoms with Crippen LogP contribution in [0.1, 0.15) is 11.1 Å². The Labute approximate surface area is 121 Å². The van der Waals surface area contributed by atoms with Crippen molar-refractivity contribution in [3.05, 3.63) is 84.1 Å². The van der Waals surface area contributed by atoms with Crippen molar-refractivity contribution in [2.45, 2.75) is 0 Å². The monoisotopic (exact) mass is 262 g/mol. The van der Waals surface area contributed by atoms with Gasteiger partial charge >= 0.3 is 0 Å². The molecule has 0 unspecified atom stereocenters. The number of methoxy groups -OCH3 is 1. The molecular formula is C19H18O. The molecule has 0 N–H and O–H groups in total. The van der Waals surface area contributed by atoms with Crippen molar-refractivity contribution in [2.75, 3.05) is 7.11 Å². The fraction of sp³-hybridized carbons (Fsp3) is 0.0526. The van der Waals surface area contributed by atoms with Crippen molar-refractivity contribution in [1.82, 2.24) is 0 Å². The van der Waals surface area contributed by atoms with Gasteiger partial charge in [-0.25, -0.2) is 0 Å². The van der Waals surface area contributed by atoms with Crippen LogP contribution in [0.5, 0.6) is 0 Å². The van der Waals surface area contributed by atoms with E-state index in [1.54, 1.807) is 19.4 Å². The predicted molar refractivity (Wildman–Crippen MR) is 86.8 cm³/mol. The lowest BCUT2D eigenvalue weighted by Crippen LogP contribution is -1.69. The van der Waals surface area contributed by atoms with Crippen molar-refractivity contribution >= 4 is 12.2 Å². The fourth-order valence-corrected chi connectivity index (χ4v) is 1.42. The molecule has 0 heterocycles. The number of ether oxygens (including phenoxy) is 1. The molecule has 0 aliphatic rings. The van der Waals surface area contributed by atoms with Gasteiger partial charge in [-0.2, -0.15) is 0 Å². The molecule has 0 saturated carbocycles. The Morgan fingerprint density at radius 1 is 0.850 bits per heavy atom. The summed E-state index contributed by atoms with van der Waals surface area (Å²) in [6.45, 7) is 0. The molecule has 1 nitrogen and oxygen atoms in total. The number of rotatable bonds is 3. The molecule has 0 fully saturated rings. The topological polar surface area (TPSA) is 9.23 Å². The molecule has 100 valence electrons. The van der Waals surface area contributed by atoms with Crippen LogP contribution in [-0.4, -0.2) is 7.11 Å². The predicted octanol–water partition coefficient (Wildman–Crippen LogP) is 4.64. The summed E-state index contributed by atoms with van der Waals surface area (Å²) < 4.78 is 4.77. The third kappa shape index (κ3) is 6.88. The van der Waals surface area contributed by atoms with Gasteiger partial charge in [0.2, 0.25) is 0 Å². The van der Waals surface area contributed by atoms with E-state index in [0.717, 1.165) is 11.1 Å². The van der Waals surface area contributed by atoms with Crippen molar-refractivity contribution in [3.8, 4) is 12.3 Å². The maximum absolute atomic E-state index is 5.04. The van der Waals surface area contributed by atoms with Gasteiger partial charge in [-0.05, 0) is 29.4 Å². The molecule has 0 aromatic heterocycles. The van der Waals surface area contributed by atoms with E-state index in [1.165, 1.54) is 0 Å². The summed E-state index contributed by atoms with van der Waals surface area (Å²) in [5.74, 6) is 2.44. The smallest absolute Gasteiger partial charge is 0.0830 e. The standard InChI is InChI=1S/C10H8.C9H10O/c1-2-3-7-10-8-5-4-6-9-10;1-10-8-7-9-5-3-2-4-6-9/h1,3-9H;2-8H,1H3/b7-3+;8-7+. The third-order valence-corrected chi connectivity index (χ3v) is 2.37. The normalized spacial score (nSPS) is 9.80. The van der Waals surface area contributed by atoms with Crippen LogP contribution >= 0.6 is 0 Å². The molecule has 0 aliphatic carbocycles. The lowest BCUT2D eigenvalue weighted by Gasteiger charge is -1.89. The third-order valence-electron chi connectivity index (χ3n) is 2.37. The number of terminal acetylenes is 1. The van der Waals surface area contributed by atoms with Gasteiger partial charge in [0.05, 0.1) is 13.4 Å². The summed E-state index contributed by atoms with van der Waals surface area (Å²) in [5, 5.41) is 0. The van der Waals surface area contributed by atoms with Crippen molar-refractivity contribution in [3.63, 3.8) is 0 Å². The van der Waals surface area contributed by atoms with Gasteiger partial charge in [0.15, 0.2) is 0 Å². The van der Waals surface area contributed by atoms with E-state index in [0.29, 0.717) is 0 Å². The van der Waals surface area contributed by atoms with Gasteiger partial charge in [0.25, 0.3) is 0 Å². The van der Waals surface area contributed by atoms with E-state index in [9.17, 15) is 0 Å².